The van der Waals surface area contributed by atoms with E-state index in [1.54, 1.807) is 0 Å². The summed E-state index contributed by atoms with van der Waals surface area (Å²) >= 11 is 0. The van der Waals surface area contributed by atoms with Crippen LogP contribution in [0.1, 0.15) is 35.7 Å². The number of nitrogens with zero attached hydrogens (tertiary/aromatic N) is 2. The average molecular weight is 292 g/mol. The fraction of sp³-hybridized carbons (Fsp3) is 0.562. The van der Waals surface area contributed by atoms with Crippen molar-refractivity contribution >= 4 is 5.97 Å². The smallest absolute Gasteiger partial charge is 0.336 e. The molecule has 2 aliphatic rings. The average Bonchev–Trinajstić information content (AvgIpc) is 2.86. The molecule has 2 aliphatic heterocycles. The lowest BCUT2D eigenvalue weighted by atomic mass is 10.0. The summed E-state index contributed by atoms with van der Waals surface area (Å²) < 4.78 is 13.5. The van der Waals surface area contributed by atoms with E-state index >= 15 is 0 Å². The number of fused-ring (bicyclic) bond motifs is 1. The van der Waals surface area contributed by atoms with E-state index in [1.807, 2.05) is 0 Å². The number of carbonyl (C=O) groups is 1. The second-order valence-corrected chi connectivity index (χ2v) is 6.18. The Morgan fingerprint density at radius 1 is 1.43 bits per heavy atom. The monoisotopic (exact) mass is 292 g/mol. The first kappa shape index (κ1) is 14.5. The second-order valence-electron chi connectivity index (χ2n) is 6.18. The Labute approximate surface area is 124 Å². The zero-order valence-corrected chi connectivity index (χ0v) is 12.3. The van der Waals surface area contributed by atoms with Crippen LogP contribution in [0.4, 0.5) is 4.39 Å². The first-order valence-electron chi connectivity index (χ1n) is 7.54. The van der Waals surface area contributed by atoms with Gasteiger partial charge in [0, 0.05) is 31.7 Å². The normalized spacial score (nSPS) is 26.8. The Hall–Kier alpha value is -1.46. The molecule has 0 amide bonds. The van der Waals surface area contributed by atoms with Crippen LogP contribution < -0.4 is 0 Å². The predicted molar refractivity (Wildman–Crippen MR) is 77.8 cm³/mol. The number of aromatic carboxylic acids is 1. The predicted octanol–water partition coefficient (Wildman–Crippen LogP) is 2.19. The van der Waals surface area contributed by atoms with Crippen molar-refractivity contribution in [1.29, 1.82) is 0 Å². The Balaban J connectivity index is 1.79. The topological polar surface area (TPSA) is 43.8 Å². The van der Waals surface area contributed by atoms with Gasteiger partial charge < -0.3 is 5.11 Å². The first-order valence-corrected chi connectivity index (χ1v) is 7.54. The largest absolute Gasteiger partial charge is 0.478 e. The standard InChI is InChI=1S/C16H21FN2O2/c1-11-8-18-6-2-3-14(18)10-19(11)9-12-7-13(17)4-5-15(12)16(20)21/h4-5,7,11,14H,2-3,6,8-10H2,1H3,(H,20,21). The van der Waals surface area contributed by atoms with Crippen molar-refractivity contribution in [3.05, 3.63) is 35.1 Å². The van der Waals surface area contributed by atoms with Gasteiger partial charge in [-0.15, -0.1) is 0 Å². The number of halogens is 1. The minimum atomic E-state index is -0.989. The van der Waals surface area contributed by atoms with E-state index in [0.29, 0.717) is 24.2 Å². The summed E-state index contributed by atoms with van der Waals surface area (Å²) in [5, 5.41) is 9.25. The van der Waals surface area contributed by atoms with Crippen molar-refractivity contribution in [2.24, 2.45) is 0 Å². The van der Waals surface area contributed by atoms with Crippen molar-refractivity contribution in [2.75, 3.05) is 19.6 Å². The van der Waals surface area contributed by atoms with Crippen LogP contribution in [0.25, 0.3) is 0 Å². The van der Waals surface area contributed by atoms with E-state index in [2.05, 4.69) is 16.7 Å². The molecule has 2 atom stereocenters. The molecule has 1 N–H and O–H groups in total. The van der Waals surface area contributed by atoms with Crippen LogP contribution in [-0.2, 0) is 6.54 Å². The van der Waals surface area contributed by atoms with Gasteiger partial charge in [0.2, 0.25) is 0 Å². The molecule has 5 heteroatoms. The van der Waals surface area contributed by atoms with Gasteiger partial charge in [-0.1, -0.05) is 0 Å². The molecule has 0 aliphatic carbocycles. The highest BCUT2D eigenvalue weighted by Crippen LogP contribution is 2.26. The minimum absolute atomic E-state index is 0.206. The van der Waals surface area contributed by atoms with Crippen LogP contribution in [-0.4, -0.2) is 52.6 Å². The number of hydrogen-bond donors (Lipinski definition) is 1. The molecule has 0 bridgehead atoms. The van der Waals surface area contributed by atoms with Crippen molar-refractivity contribution in [3.63, 3.8) is 0 Å². The highest BCUT2D eigenvalue weighted by molar-refractivity contribution is 5.89. The summed E-state index contributed by atoms with van der Waals surface area (Å²) in [6.45, 7) is 5.79. The maximum absolute atomic E-state index is 13.5. The van der Waals surface area contributed by atoms with Gasteiger partial charge in [-0.25, -0.2) is 9.18 Å². The van der Waals surface area contributed by atoms with Crippen LogP contribution >= 0.6 is 0 Å². The molecule has 0 saturated carbocycles. The zero-order chi connectivity index (χ0) is 15.0. The minimum Gasteiger partial charge on any atom is -0.478 e. The molecule has 2 saturated heterocycles. The molecule has 1 aromatic rings. The maximum atomic E-state index is 13.5. The van der Waals surface area contributed by atoms with Gasteiger partial charge in [0.25, 0.3) is 0 Å². The van der Waals surface area contributed by atoms with E-state index < -0.39 is 5.97 Å². The summed E-state index contributed by atoms with van der Waals surface area (Å²) in [7, 11) is 0. The number of rotatable bonds is 3. The fourth-order valence-corrected chi connectivity index (χ4v) is 3.59. The molecule has 0 aromatic heterocycles. The lowest BCUT2D eigenvalue weighted by Gasteiger charge is -2.42. The first-order chi connectivity index (χ1) is 10.0. The van der Waals surface area contributed by atoms with Crippen LogP contribution in [0, 0.1) is 5.82 Å². The number of carboxylic acid groups (broad SMARTS) is 1. The van der Waals surface area contributed by atoms with Gasteiger partial charge >= 0.3 is 5.97 Å². The molecular formula is C16H21FN2O2. The molecule has 0 radical (unpaired) electrons. The third-order valence-corrected chi connectivity index (χ3v) is 4.74. The number of carboxylic acids is 1. The summed E-state index contributed by atoms with van der Waals surface area (Å²) in [5.41, 5.74) is 0.776. The van der Waals surface area contributed by atoms with E-state index in [4.69, 9.17) is 0 Å². The molecule has 0 spiro atoms. The van der Waals surface area contributed by atoms with E-state index in [9.17, 15) is 14.3 Å². The molecule has 4 nitrogen and oxygen atoms in total. The van der Waals surface area contributed by atoms with E-state index in [-0.39, 0.29) is 11.4 Å². The maximum Gasteiger partial charge on any atom is 0.336 e. The highest BCUT2D eigenvalue weighted by Gasteiger charge is 2.34. The molecule has 2 heterocycles. The molecule has 2 unspecified atom stereocenters. The zero-order valence-electron chi connectivity index (χ0n) is 12.3. The summed E-state index contributed by atoms with van der Waals surface area (Å²) in [4.78, 5) is 16.1. The fourth-order valence-electron chi connectivity index (χ4n) is 3.59. The summed E-state index contributed by atoms with van der Waals surface area (Å²) in [6, 6.07) is 4.87. The second kappa shape index (κ2) is 5.73. The lowest BCUT2D eigenvalue weighted by Crippen LogP contribution is -2.54. The Bertz CT molecular complexity index is 549. The summed E-state index contributed by atoms with van der Waals surface area (Å²) in [5.74, 6) is -1.36. The van der Waals surface area contributed by atoms with Crippen molar-refractivity contribution < 1.29 is 14.3 Å². The molecule has 2 fully saturated rings. The van der Waals surface area contributed by atoms with Gasteiger partial charge in [0.15, 0.2) is 0 Å². The number of benzene rings is 1. The van der Waals surface area contributed by atoms with Gasteiger partial charge in [-0.2, -0.15) is 0 Å². The molecule has 114 valence electrons. The van der Waals surface area contributed by atoms with Gasteiger partial charge in [-0.05, 0) is 50.1 Å². The Kier molecular flexibility index (Phi) is 3.95. The Morgan fingerprint density at radius 2 is 2.24 bits per heavy atom. The molecule has 3 rings (SSSR count). The Morgan fingerprint density at radius 3 is 3.00 bits per heavy atom. The van der Waals surface area contributed by atoms with Gasteiger partial charge in [0.1, 0.15) is 5.82 Å². The molecular weight excluding hydrogens is 271 g/mol. The third-order valence-electron chi connectivity index (χ3n) is 4.74. The van der Waals surface area contributed by atoms with Crippen molar-refractivity contribution in [2.45, 2.75) is 38.4 Å². The number of hydrogen-bond acceptors (Lipinski definition) is 3. The highest BCUT2D eigenvalue weighted by atomic mass is 19.1. The number of piperazine rings is 1. The van der Waals surface area contributed by atoms with E-state index in [0.717, 1.165) is 13.1 Å². The molecule has 1 aromatic carbocycles. The molecule has 21 heavy (non-hydrogen) atoms. The third kappa shape index (κ3) is 2.94. The SMILES string of the molecule is CC1CN2CCCC2CN1Cc1cc(F)ccc1C(=O)O. The van der Waals surface area contributed by atoms with Crippen molar-refractivity contribution in [3.8, 4) is 0 Å². The van der Waals surface area contributed by atoms with Crippen LogP contribution in [0.3, 0.4) is 0 Å². The lowest BCUT2D eigenvalue weighted by molar-refractivity contribution is 0.0529. The summed E-state index contributed by atoms with van der Waals surface area (Å²) in [6.07, 6.45) is 2.45. The van der Waals surface area contributed by atoms with Gasteiger partial charge in [-0.3, -0.25) is 9.80 Å². The van der Waals surface area contributed by atoms with Crippen LogP contribution in [0.15, 0.2) is 18.2 Å². The van der Waals surface area contributed by atoms with Gasteiger partial charge in [0.05, 0.1) is 5.56 Å². The van der Waals surface area contributed by atoms with E-state index in [1.165, 1.54) is 37.6 Å². The van der Waals surface area contributed by atoms with Crippen LogP contribution in [0.5, 0.6) is 0 Å². The quantitative estimate of drug-likeness (QED) is 0.927. The van der Waals surface area contributed by atoms with Crippen LogP contribution in [0.2, 0.25) is 0 Å². The van der Waals surface area contributed by atoms with Crippen molar-refractivity contribution in [1.82, 2.24) is 9.80 Å².